The van der Waals surface area contributed by atoms with Crippen molar-refractivity contribution in [3.63, 3.8) is 0 Å². The van der Waals surface area contributed by atoms with Gasteiger partial charge in [0.25, 0.3) is 6.29 Å². The molecule has 8 aromatic carbocycles. The van der Waals surface area contributed by atoms with Gasteiger partial charge in [-0.1, -0.05) is 243 Å². The SMILES string of the molecule is N#C/C(=C(\C(=O)OCC(COC(=O)/C(=C(\C#N)c1ccccc1)c1ccccc1)C(OC(=O)/C(=C(\C#N)c1ccccc1)c1ccccc1)OC(=O)/C(=C(/C#N)c1ccccc1)c1ccccc1)c1ccccc1)c1ccccc1. The van der Waals surface area contributed by atoms with Crippen LogP contribution in [0.15, 0.2) is 243 Å². The molecule has 0 spiro atoms. The Labute approximate surface area is 462 Å². The third-order valence-electron chi connectivity index (χ3n) is 12.5. The first-order valence-corrected chi connectivity index (χ1v) is 25.0. The van der Waals surface area contributed by atoms with Crippen LogP contribution in [0.25, 0.3) is 44.6 Å². The first kappa shape index (κ1) is 54.8. The summed E-state index contributed by atoms with van der Waals surface area (Å²) in [5.41, 5.74) is 1.43. The molecule has 80 heavy (non-hydrogen) atoms. The largest absolute Gasteiger partial charge is 0.461 e. The van der Waals surface area contributed by atoms with Crippen LogP contribution in [0.2, 0.25) is 0 Å². The van der Waals surface area contributed by atoms with Crippen LogP contribution >= 0.6 is 0 Å². The number of rotatable bonds is 19. The molecule has 0 bridgehead atoms. The summed E-state index contributed by atoms with van der Waals surface area (Å²) >= 11 is 0. The van der Waals surface area contributed by atoms with Crippen LogP contribution in [0.4, 0.5) is 0 Å². The van der Waals surface area contributed by atoms with Crippen molar-refractivity contribution < 1.29 is 38.1 Å². The van der Waals surface area contributed by atoms with E-state index in [-0.39, 0.29) is 55.7 Å². The highest BCUT2D eigenvalue weighted by Gasteiger charge is 2.37. The molecule has 1 atom stereocenters. The molecule has 0 aliphatic heterocycles. The number of carbonyl (C=O) groups is 4. The number of esters is 4. The van der Waals surface area contributed by atoms with E-state index in [0.717, 1.165) is 0 Å². The maximum atomic E-state index is 15.3. The van der Waals surface area contributed by atoms with Crippen LogP contribution in [0.1, 0.15) is 44.5 Å². The molecule has 0 heterocycles. The zero-order valence-corrected chi connectivity index (χ0v) is 42.7. The molecule has 8 rings (SSSR count). The predicted molar refractivity (Wildman–Crippen MR) is 303 cm³/mol. The smallest absolute Gasteiger partial charge is 0.343 e. The van der Waals surface area contributed by atoms with Crippen molar-refractivity contribution in [1.82, 2.24) is 0 Å². The van der Waals surface area contributed by atoms with Gasteiger partial charge in [0.2, 0.25) is 0 Å². The van der Waals surface area contributed by atoms with Crippen LogP contribution in [-0.2, 0) is 38.1 Å². The lowest BCUT2D eigenvalue weighted by Crippen LogP contribution is -2.39. The van der Waals surface area contributed by atoms with E-state index in [4.69, 9.17) is 18.9 Å². The number of hydrogen-bond acceptors (Lipinski definition) is 12. The maximum absolute atomic E-state index is 15.3. The molecule has 12 nitrogen and oxygen atoms in total. The lowest BCUT2D eigenvalue weighted by molar-refractivity contribution is -0.197. The molecule has 0 radical (unpaired) electrons. The summed E-state index contributed by atoms with van der Waals surface area (Å²) in [7, 11) is 0. The Hall–Kier alpha value is -11.4. The highest BCUT2D eigenvalue weighted by Crippen LogP contribution is 2.34. The lowest BCUT2D eigenvalue weighted by Gasteiger charge is -2.28. The van der Waals surface area contributed by atoms with Crippen molar-refractivity contribution in [2.45, 2.75) is 6.29 Å². The summed E-state index contributed by atoms with van der Waals surface area (Å²) in [6.07, 6.45) is -2.18. The molecular weight excluding hydrogens is 1000 g/mol. The fraction of sp³-hybridized carbons (Fsp3) is 0.0588. The monoisotopic (exact) mass is 1050 g/mol. The second kappa shape index (κ2) is 27.4. The number of benzene rings is 8. The van der Waals surface area contributed by atoms with Gasteiger partial charge in [0, 0.05) is 0 Å². The van der Waals surface area contributed by atoms with Gasteiger partial charge >= 0.3 is 23.9 Å². The van der Waals surface area contributed by atoms with E-state index in [9.17, 15) is 30.6 Å². The molecule has 0 amide bonds. The summed E-state index contributed by atoms with van der Waals surface area (Å²) in [5, 5.41) is 43.0. The summed E-state index contributed by atoms with van der Waals surface area (Å²) in [4.78, 5) is 60.4. The van der Waals surface area contributed by atoms with Crippen molar-refractivity contribution in [3.8, 4) is 24.3 Å². The van der Waals surface area contributed by atoms with Gasteiger partial charge in [0.05, 0.1) is 44.6 Å². The molecule has 0 saturated carbocycles. The molecule has 0 fully saturated rings. The Kier molecular flexibility index (Phi) is 18.8. The molecule has 12 heteroatoms. The van der Waals surface area contributed by atoms with E-state index in [1.807, 2.05) is 0 Å². The van der Waals surface area contributed by atoms with Crippen LogP contribution in [0.5, 0.6) is 0 Å². The summed E-state index contributed by atoms with van der Waals surface area (Å²) in [6.45, 7) is -1.67. The number of ether oxygens (including phenoxy) is 4. The Morgan fingerprint density at radius 2 is 0.475 bits per heavy atom. The Bertz CT molecular complexity index is 3550. The van der Waals surface area contributed by atoms with E-state index in [1.54, 1.807) is 243 Å². The minimum atomic E-state index is -2.18. The first-order chi connectivity index (χ1) is 39.2. The summed E-state index contributed by atoms with van der Waals surface area (Å²) < 4.78 is 24.9. The molecule has 0 aliphatic carbocycles. The third-order valence-corrected chi connectivity index (χ3v) is 12.5. The van der Waals surface area contributed by atoms with Crippen molar-refractivity contribution >= 4 is 68.5 Å². The van der Waals surface area contributed by atoms with Crippen LogP contribution in [0, 0.1) is 51.2 Å². The number of allylic oxidation sites excluding steroid dienone is 4. The average molecular weight is 1050 g/mol. The highest BCUT2D eigenvalue weighted by atomic mass is 16.7. The van der Waals surface area contributed by atoms with Gasteiger partial charge in [-0.25, -0.2) is 19.2 Å². The van der Waals surface area contributed by atoms with E-state index in [2.05, 4.69) is 24.3 Å². The second-order valence-corrected chi connectivity index (χ2v) is 17.5. The Morgan fingerprint density at radius 3 is 0.675 bits per heavy atom. The van der Waals surface area contributed by atoms with E-state index in [0.29, 0.717) is 33.4 Å². The molecule has 8 aromatic rings. The van der Waals surface area contributed by atoms with E-state index in [1.165, 1.54) is 0 Å². The van der Waals surface area contributed by atoms with Crippen molar-refractivity contribution in [3.05, 3.63) is 287 Å². The fourth-order valence-corrected chi connectivity index (χ4v) is 8.62. The highest BCUT2D eigenvalue weighted by molar-refractivity contribution is 6.29. The van der Waals surface area contributed by atoms with Gasteiger partial charge in [-0.3, -0.25) is 0 Å². The van der Waals surface area contributed by atoms with Crippen molar-refractivity contribution in [1.29, 1.82) is 21.0 Å². The number of hydrogen-bond donors (Lipinski definition) is 0. The lowest BCUT2D eigenvalue weighted by atomic mass is 9.95. The molecule has 0 aromatic heterocycles. The van der Waals surface area contributed by atoms with Gasteiger partial charge in [-0.2, -0.15) is 21.0 Å². The zero-order chi connectivity index (χ0) is 56.1. The van der Waals surface area contributed by atoms with E-state index < -0.39 is 49.3 Å². The quantitative estimate of drug-likeness (QED) is 0.0186. The van der Waals surface area contributed by atoms with Gasteiger partial charge in [0.1, 0.15) is 43.4 Å². The molecular formula is C68H46N4O8. The molecule has 1 unspecified atom stereocenters. The van der Waals surface area contributed by atoms with Gasteiger partial charge < -0.3 is 18.9 Å². The van der Waals surface area contributed by atoms with Crippen LogP contribution < -0.4 is 0 Å². The van der Waals surface area contributed by atoms with Crippen molar-refractivity contribution in [2.24, 2.45) is 5.92 Å². The van der Waals surface area contributed by atoms with Crippen LogP contribution in [0.3, 0.4) is 0 Å². The number of nitriles is 4. The predicted octanol–water partition coefficient (Wildman–Crippen LogP) is 12.6. The minimum Gasteiger partial charge on any atom is -0.461 e. The molecule has 0 saturated heterocycles. The van der Waals surface area contributed by atoms with Gasteiger partial charge in [-0.15, -0.1) is 0 Å². The van der Waals surface area contributed by atoms with Crippen molar-refractivity contribution in [2.75, 3.05) is 13.2 Å². The Morgan fingerprint density at radius 1 is 0.287 bits per heavy atom. The standard InChI is InChI=1S/C68H46N4O8/c69-41-56(47-25-9-1-10-26-47)60(51-33-17-5-18-34-51)64(73)77-45-55(46-78-65(74)61(52-35-19-6-20-36-52)57(42-70)48-27-11-2-12-28-48)68(79-66(75)62(53-37-21-7-22-38-53)58(43-71)49-29-13-3-14-30-49)80-67(76)63(54-39-23-8-24-40-54)59(44-72)50-31-15-4-16-32-50/h1-40,55,68H,45-46H2/b60-56+,61-57+,62-58-,63-59+. The van der Waals surface area contributed by atoms with Crippen LogP contribution in [-0.4, -0.2) is 43.4 Å². The van der Waals surface area contributed by atoms with E-state index >= 15 is 9.59 Å². The Balaban J connectivity index is 1.32. The number of nitrogens with zero attached hydrogens (tertiary/aromatic N) is 4. The normalized spacial score (nSPS) is 12.4. The fourth-order valence-electron chi connectivity index (χ4n) is 8.62. The average Bonchev–Trinajstić information content (AvgIpc) is 3.52. The van der Waals surface area contributed by atoms with Gasteiger partial charge in [-0.05, 0) is 44.5 Å². The zero-order valence-electron chi connectivity index (χ0n) is 42.7. The number of carbonyl (C=O) groups excluding carboxylic acids is 4. The summed E-state index contributed by atoms with van der Waals surface area (Å²) in [5.74, 6) is -6.09. The molecule has 0 aliphatic rings. The second-order valence-electron chi connectivity index (χ2n) is 17.5. The van der Waals surface area contributed by atoms with Gasteiger partial charge in [0.15, 0.2) is 0 Å². The third kappa shape index (κ3) is 13.3. The summed E-state index contributed by atoms with van der Waals surface area (Å²) in [6, 6.07) is 75.2. The molecule has 386 valence electrons. The molecule has 0 N–H and O–H groups in total. The first-order valence-electron chi connectivity index (χ1n) is 25.0. The topological polar surface area (TPSA) is 200 Å². The minimum absolute atomic E-state index is 0.0491. The maximum Gasteiger partial charge on any atom is 0.343 e.